The Balaban J connectivity index is 1.62. The minimum atomic E-state index is 0.0756. The second-order valence-electron chi connectivity index (χ2n) is 8.30. The zero-order valence-electron chi connectivity index (χ0n) is 15.8. The lowest BCUT2D eigenvalue weighted by Gasteiger charge is -2.23. The Kier molecular flexibility index (Phi) is 3.28. The summed E-state index contributed by atoms with van der Waals surface area (Å²) in [5, 5.41) is 0. The number of allylic oxidation sites excluding steroid dienone is 1. The van der Waals surface area contributed by atoms with Crippen LogP contribution in [0.4, 0.5) is 0 Å². The Labute approximate surface area is 156 Å². The summed E-state index contributed by atoms with van der Waals surface area (Å²) in [6.45, 7) is 6.89. The van der Waals surface area contributed by atoms with Gasteiger partial charge in [-0.15, -0.1) is 0 Å². The summed E-state index contributed by atoms with van der Waals surface area (Å²) < 4.78 is 0. The van der Waals surface area contributed by atoms with E-state index in [1.54, 1.807) is 0 Å². The van der Waals surface area contributed by atoms with Gasteiger partial charge in [-0.05, 0) is 70.3 Å². The Morgan fingerprint density at radius 1 is 0.769 bits per heavy atom. The maximum atomic E-state index is 2.44. The smallest absolute Gasteiger partial charge is 0.0159 e. The zero-order chi connectivity index (χ0) is 17.9. The number of hydrogen-bond acceptors (Lipinski definition) is 0. The van der Waals surface area contributed by atoms with Crippen molar-refractivity contribution in [3.8, 4) is 11.1 Å². The van der Waals surface area contributed by atoms with Gasteiger partial charge < -0.3 is 0 Å². The first-order chi connectivity index (χ1) is 12.5. The van der Waals surface area contributed by atoms with Gasteiger partial charge in [-0.1, -0.05) is 80.1 Å². The van der Waals surface area contributed by atoms with Crippen molar-refractivity contribution in [2.45, 2.75) is 39.0 Å². The van der Waals surface area contributed by atoms with Gasteiger partial charge in [0.2, 0.25) is 0 Å². The Morgan fingerprint density at radius 3 is 2.46 bits per heavy atom. The molecule has 5 rings (SSSR count). The fraction of sp³-hybridized carbons (Fsp3) is 0.231. The average Bonchev–Trinajstić information content (AvgIpc) is 2.89. The van der Waals surface area contributed by atoms with Crippen molar-refractivity contribution in [1.82, 2.24) is 0 Å². The highest BCUT2D eigenvalue weighted by Gasteiger charge is 2.35. The molecular weight excluding hydrogens is 312 g/mol. The standard InChI is InChI=1S/C26H24/c1-17-8-9-19-15-20(11-10-18(19)14-17)21-12-13-23-22-6-4-5-7-24(22)26(2,3)25(23)16-21/h4-9,12-16H,10-11H2,1-3H3. The summed E-state index contributed by atoms with van der Waals surface area (Å²) in [5.41, 5.74) is 12.9. The summed E-state index contributed by atoms with van der Waals surface area (Å²) >= 11 is 0. The number of rotatable bonds is 1. The first kappa shape index (κ1) is 15.6. The molecule has 0 aliphatic heterocycles. The fourth-order valence-electron chi connectivity index (χ4n) is 4.75. The molecule has 0 nitrogen and oxygen atoms in total. The number of aryl methyl sites for hydroxylation is 2. The SMILES string of the molecule is Cc1ccc2c(c1)CCC(c1ccc3c(c1)C(C)(C)c1ccccc1-3)=C2. The number of hydrogen-bond donors (Lipinski definition) is 0. The van der Waals surface area contributed by atoms with Crippen LogP contribution >= 0.6 is 0 Å². The van der Waals surface area contributed by atoms with E-state index in [2.05, 4.69) is 87.5 Å². The van der Waals surface area contributed by atoms with Crippen LogP contribution in [0.25, 0.3) is 22.8 Å². The molecular formula is C26H24. The molecule has 0 bridgehead atoms. The van der Waals surface area contributed by atoms with Gasteiger partial charge in [0.15, 0.2) is 0 Å². The molecule has 0 N–H and O–H groups in total. The molecule has 0 saturated carbocycles. The van der Waals surface area contributed by atoms with Crippen molar-refractivity contribution in [2.24, 2.45) is 0 Å². The molecule has 0 amide bonds. The molecule has 3 aromatic rings. The summed E-state index contributed by atoms with van der Waals surface area (Å²) in [4.78, 5) is 0. The molecule has 0 heterocycles. The Hall–Kier alpha value is -2.60. The first-order valence-electron chi connectivity index (χ1n) is 9.59. The third-order valence-corrected chi connectivity index (χ3v) is 6.25. The molecule has 2 aliphatic rings. The lowest BCUT2D eigenvalue weighted by molar-refractivity contribution is 0.660. The molecule has 2 aliphatic carbocycles. The van der Waals surface area contributed by atoms with Crippen LogP contribution in [0.3, 0.4) is 0 Å². The second kappa shape index (κ2) is 5.45. The van der Waals surface area contributed by atoms with Gasteiger partial charge >= 0.3 is 0 Å². The number of benzene rings is 3. The van der Waals surface area contributed by atoms with E-state index in [1.807, 2.05) is 0 Å². The van der Waals surface area contributed by atoms with E-state index in [9.17, 15) is 0 Å². The van der Waals surface area contributed by atoms with Gasteiger partial charge in [0.1, 0.15) is 0 Å². The van der Waals surface area contributed by atoms with E-state index < -0.39 is 0 Å². The highest BCUT2D eigenvalue weighted by molar-refractivity contribution is 5.88. The summed E-state index contributed by atoms with van der Waals surface area (Å²) in [5.74, 6) is 0. The topological polar surface area (TPSA) is 0 Å². The number of fused-ring (bicyclic) bond motifs is 4. The van der Waals surface area contributed by atoms with Crippen LogP contribution in [0.1, 0.15) is 53.6 Å². The molecule has 0 radical (unpaired) electrons. The van der Waals surface area contributed by atoms with E-state index in [0.717, 1.165) is 12.8 Å². The maximum absolute atomic E-state index is 2.44. The largest absolute Gasteiger partial charge is 0.0619 e. The maximum Gasteiger partial charge on any atom is 0.0159 e. The van der Waals surface area contributed by atoms with Gasteiger partial charge in [0.05, 0.1) is 0 Å². The minimum Gasteiger partial charge on any atom is -0.0619 e. The van der Waals surface area contributed by atoms with Crippen LogP contribution in [0.15, 0.2) is 60.7 Å². The monoisotopic (exact) mass is 336 g/mol. The van der Waals surface area contributed by atoms with E-state index >= 15 is 0 Å². The highest BCUT2D eigenvalue weighted by Crippen LogP contribution is 2.49. The Morgan fingerprint density at radius 2 is 1.58 bits per heavy atom. The van der Waals surface area contributed by atoms with Gasteiger partial charge in [0.25, 0.3) is 0 Å². The van der Waals surface area contributed by atoms with Gasteiger partial charge in [-0.3, -0.25) is 0 Å². The molecule has 0 spiro atoms. The fourth-order valence-corrected chi connectivity index (χ4v) is 4.75. The molecule has 3 aromatic carbocycles. The second-order valence-corrected chi connectivity index (χ2v) is 8.30. The van der Waals surface area contributed by atoms with E-state index in [4.69, 9.17) is 0 Å². The predicted molar refractivity (Wildman–Crippen MR) is 111 cm³/mol. The zero-order valence-corrected chi connectivity index (χ0v) is 15.8. The third kappa shape index (κ3) is 2.22. The molecule has 0 fully saturated rings. The van der Waals surface area contributed by atoms with Gasteiger partial charge in [-0.25, -0.2) is 0 Å². The van der Waals surface area contributed by atoms with Crippen LogP contribution in [0.5, 0.6) is 0 Å². The van der Waals surface area contributed by atoms with Crippen LogP contribution in [0, 0.1) is 6.92 Å². The Bertz CT molecular complexity index is 1060. The van der Waals surface area contributed by atoms with Crippen LogP contribution in [0.2, 0.25) is 0 Å². The minimum absolute atomic E-state index is 0.0756. The lowest BCUT2D eigenvalue weighted by atomic mass is 9.80. The van der Waals surface area contributed by atoms with Crippen LogP contribution in [-0.4, -0.2) is 0 Å². The van der Waals surface area contributed by atoms with Gasteiger partial charge in [-0.2, -0.15) is 0 Å². The van der Waals surface area contributed by atoms with E-state index in [0.29, 0.717) is 0 Å². The predicted octanol–water partition coefficient (Wildman–Crippen LogP) is 6.79. The molecule has 26 heavy (non-hydrogen) atoms. The quantitative estimate of drug-likeness (QED) is 0.459. The normalized spacial score (nSPS) is 16.5. The van der Waals surface area contributed by atoms with Crippen molar-refractivity contribution in [2.75, 3.05) is 0 Å². The first-order valence-corrected chi connectivity index (χ1v) is 9.59. The summed E-state index contributed by atoms with van der Waals surface area (Å²) in [6, 6.07) is 22.8. The molecule has 128 valence electrons. The van der Waals surface area contributed by atoms with E-state index in [-0.39, 0.29) is 5.41 Å². The third-order valence-electron chi connectivity index (χ3n) is 6.25. The van der Waals surface area contributed by atoms with Crippen LogP contribution < -0.4 is 0 Å². The molecule has 0 heteroatoms. The van der Waals surface area contributed by atoms with Gasteiger partial charge in [0, 0.05) is 5.41 Å². The summed E-state index contributed by atoms with van der Waals surface area (Å²) in [6.07, 6.45) is 4.67. The molecule has 0 atom stereocenters. The van der Waals surface area contributed by atoms with Crippen molar-refractivity contribution < 1.29 is 0 Å². The average molecular weight is 336 g/mol. The lowest BCUT2D eigenvalue weighted by Crippen LogP contribution is -2.15. The molecule has 0 aromatic heterocycles. The molecule has 0 unspecified atom stereocenters. The van der Waals surface area contributed by atoms with Crippen molar-refractivity contribution in [3.63, 3.8) is 0 Å². The van der Waals surface area contributed by atoms with Crippen molar-refractivity contribution >= 4 is 11.6 Å². The van der Waals surface area contributed by atoms with Crippen molar-refractivity contribution in [3.05, 3.63) is 94.0 Å². The van der Waals surface area contributed by atoms with Crippen LogP contribution in [-0.2, 0) is 11.8 Å². The highest BCUT2D eigenvalue weighted by atomic mass is 14.4. The van der Waals surface area contributed by atoms with E-state index in [1.165, 1.54) is 50.1 Å². The van der Waals surface area contributed by atoms with Crippen molar-refractivity contribution in [1.29, 1.82) is 0 Å². The summed E-state index contributed by atoms with van der Waals surface area (Å²) in [7, 11) is 0. The molecule has 0 saturated heterocycles.